The van der Waals surface area contributed by atoms with Crippen molar-refractivity contribution in [3.63, 3.8) is 0 Å². The smallest absolute Gasteiger partial charge is 0.146 e. The highest BCUT2D eigenvalue weighted by molar-refractivity contribution is 5.05. The summed E-state index contributed by atoms with van der Waals surface area (Å²) in [6, 6.07) is 0.540. The van der Waals surface area contributed by atoms with Gasteiger partial charge in [0.25, 0.3) is 0 Å². The van der Waals surface area contributed by atoms with Crippen molar-refractivity contribution in [1.29, 1.82) is 0 Å². The van der Waals surface area contributed by atoms with Crippen molar-refractivity contribution in [3.05, 3.63) is 11.6 Å². The van der Waals surface area contributed by atoms with Crippen LogP contribution >= 0.6 is 0 Å². The van der Waals surface area contributed by atoms with Crippen molar-refractivity contribution in [2.45, 2.75) is 43.9 Å². The van der Waals surface area contributed by atoms with Gasteiger partial charge in [0.05, 0.1) is 19.3 Å². The third kappa shape index (κ3) is 2.39. The Hall–Kier alpha value is -0.980. The van der Waals surface area contributed by atoms with Gasteiger partial charge >= 0.3 is 0 Å². The first-order chi connectivity index (χ1) is 10.2. The summed E-state index contributed by atoms with van der Waals surface area (Å²) in [6.45, 7) is 4.89. The third-order valence-electron chi connectivity index (χ3n) is 5.49. The van der Waals surface area contributed by atoms with E-state index in [0.29, 0.717) is 18.1 Å². The Kier molecular flexibility index (Phi) is 3.47. The molecule has 0 amide bonds. The van der Waals surface area contributed by atoms with Crippen LogP contribution in [0.25, 0.3) is 0 Å². The molecule has 1 aliphatic carbocycles. The second-order valence-corrected chi connectivity index (χ2v) is 6.81. The maximum Gasteiger partial charge on any atom is 0.146 e. The standard InChI is InChI=1S/C15H25N5O/c1-18-6-7-21-13-9-20(8-12(13)18)10-14-16-17-15(19(14)2)11-4-3-5-11/h11-13H,3-10H2,1-2H3/t12-,13+/m0/s1. The molecule has 3 aliphatic rings. The van der Waals surface area contributed by atoms with E-state index in [9.17, 15) is 0 Å². The monoisotopic (exact) mass is 291 g/mol. The maximum atomic E-state index is 5.91. The van der Waals surface area contributed by atoms with Gasteiger partial charge in [-0.25, -0.2) is 0 Å². The van der Waals surface area contributed by atoms with E-state index in [0.717, 1.165) is 38.6 Å². The molecule has 2 aliphatic heterocycles. The number of ether oxygens (including phenoxy) is 1. The van der Waals surface area contributed by atoms with Crippen LogP contribution in [-0.4, -0.2) is 70.0 Å². The number of aromatic nitrogens is 3. The summed E-state index contributed by atoms with van der Waals surface area (Å²) in [5, 5.41) is 8.87. The largest absolute Gasteiger partial charge is 0.374 e. The molecule has 4 rings (SSSR count). The van der Waals surface area contributed by atoms with Gasteiger partial charge in [-0.15, -0.1) is 10.2 Å². The fraction of sp³-hybridized carbons (Fsp3) is 0.867. The summed E-state index contributed by atoms with van der Waals surface area (Å²) < 4.78 is 8.13. The number of likely N-dealkylation sites (N-methyl/N-ethyl adjacent to an activating group) is 1. The van der Waals surface area contributed by atoms with Crippen LogP contribution < -0.4 is 0 Å². The summed E-state index contributed by atoms with van der Waals surface area (Å²) in [4.78, 5) is 4.90. The van der Waals surface area contributed by atoms with Crippen LogP contribution in [0.1, 0.15) is 36.8 Å². The van der Waals surface area contributed by atoms with E-state index >= 15 is 0 Å². The van der Waals surface area contributed by atoms with Crippen LogP contribution in [0.15, 0.2) is 0 Å². The second-order valence-electron chi connectivity index (χ2n) is 6.81. The molecule has 1 aromatic heterocycles. The molecule has 0 N–H and O–H groups in total. The quantitative estimate of drug-likeness (QED) is 0.816. The molecule has 0 unspecified atom stereocenters. The lowest BCUT2D eigenvalue weighted by Crippen LogP contribution is -2.48. The van der Waals surface area contributed by atoms with Crippen molar-refractivity contribution in [2.75, 3.05) is 33.3 Å². The Bertz CT molecular complexity index is 512. The predicted octanol–water partition coefficient (Wildman–Crippen LogP) is 0.597. The van der Waals surface area contributed by atoms with E-state index in [4.69, 9.17) is 4.74 Å². The molecule has 6 nitrogen and oxygen atoms in total. The zero-order valence-electron chi connectivity index (χ0n) is 13.0. The van der Waals surface area contributed by atoms with E-state index in [-0.39, 0.29) is 0 Å². The maximum absolute atomic E-state index is 5.91. The van der Waals surface area contributed by atoms with Crippen LogP contribution in [0.4, 0.5) is 0 Å². The highest BCUT2D eigenvalue weighted by Gasteiger charge is 2.39. The second kappa shape index (κ2) is 5.34. The van der Waals surface area contributed by atoms with Gasteiger partial charge in [-0.05, 0) is 19.9 Å². The van der Waals surface area contributed by atoms with Gasteiger partial charge < -0.3 is 9.30 Å². The van der Waals surface area contributed by atoms with E-state index in [2.05, 4.69) is 38.7 Å². The SMILES string of the molecule is CN1CCO[C@@H]2CN(Cc3nnc(C4CCC4)n3C)C[C@@H]21. The zero-order valence-corrected chi connectivity index (χ0v) is 13.0. The first-order valence-electron chi connectivity index (χ1n) is 8.14. The fourth-order valence-electron chi connectivity index (χ4n) is 3.80. The molecular weight excluding hydrogens is 266 g/mol. The zero-order chi connectivity index (χ0) is 14.4. The molecule has 3 heterocycles. The molecular formula is C15H25N5O. The van der Waals surface area contributed by atoms with Crippen LogP contribution in [0.5, 0.6) is 0 Å². The Morgan fingerprint density at radius 3 is 2.76 bits per heavy atom. The molecule has 0 spiro atoms. The van der Waals surface area contributed by atoms with Crippen molar-refractivity contribution in [1.82, 2.24) is 24.6 Å². The highest BCUT2D eigenvalue weighted by Crippen LogP contribution is 2.35. The molecule has 1 saturated carbocycles. The van der Waals surface area contributed by atoms with Crippen molar-refractivity contribution in [2.24, 2.45) is 7.05 Å². The molecule has 1 aromatic rings. The molecule has 2 atom stereocenters. The number of hydrogen-bond donors (Lipinski definition) is 0. The van der Waals surface area contributed by atoms with Crippen LogP contribution in [0.3, 0.4) is 0 Å². The summed E-state index contributed by atoms with van der Waals surface area (Å²) in [7, 11) is 4.33. The third-order valence-corrected chi connectivity index (χ3v) is 5.49. The van der Waals surface area contributed by atoms with Crippen LogP contribution in [0, 0.1) is 0 Å². The summed E-state index contributed by atoms with van der Waals surface area (Å²) in [5.74, 6) is 2.92. The van der Waals surface area contributed by atoms with Gasteiger partial charge in [0.15, 0.2) is 0 Å². The van der Waals surface area contributed by atoms with Gasteiger partial charge in [0.1, 0.15) is 11.6 Å². The Labute approximate surface area is 126 Å². The number of likely N-dealkylation sites (tertiary alicyclic amines) is 1. The molecule has 116 valence electrons. The minimum atomic E-state index is 0.364. The van der Waals surface area contributed by atoms with Crippen molar-refractivity contribution in [3.8, 4) is 0 Å². The molecule has 6 heteroatoms. The summed E-state index contributed by atoms with van der Waals surface area (Å²) in [6.07, 6.45) is 4.26. The van der Waals surface area contributed by atoms with Gasteiger partial charge in [-0.1, -0.05) is 6.42 Å². The van der Waals surface area contributed by atoms with E-state index in [1.807, 2.05) is 0 Å². The Morgan fingerprint density at radius 1 is 1.19 bits per heavy atom. The Morgan fingerprint density at radius 2 is 2.05 bits per heavy atom. The number of nitrogens with zero attached hydrogens (tertiary/aromatic N) is 5. The topological polar surface area (TPSA) is 46.4 Å². The van der Waals surface area contributed by atoms with E-state index in [1.165, 1.54) is 25.1 Å². The highest BCUT2D eigenvalue weighted by atomic mass is 16.5. The van der Waals surface area contributed by atoms with Crippen LogP contribution in [-0.2, 0) is 18.3 Å². The van der Waals surface area contributed by atoms with Gasteiger partial charge in [-0.3, -0.25) is 9.80 Å². The minimum Gasteiger partial charge on any atom is -0.374 e. The van der Waals surface area contributed by atoms with Crippen molar-refractivity contribution < 1.29 is 4.74 Å². The lowest BCUT2D eigenvalue weighted by Gasteiger charge is -2.33. The molecule has 0 bridgehead atoms. The van der Waals surface area contributed by atoms with Gasteiger partial charge in [0, 0.05) is 38.6 Å². The average Bonchev–Trinajstić information content (AvgIpc) is 2.96. The number of rotatable bonds is 3. The number of hydrogen-bond acceptors (Lipinski definition) is 5. The van der Waals surface area contributed by atoms with Crippen LogP contribution in [0.2, 0.25) is 0 Å². The van der Waals surface area contributed by atoms with Crippen molar-refractivity contribution >= 4 is 0 Å². The lowest BCUT2D eigenvalue weighted by molar-refractivity contribution is -0.0370. The summed E-state index contributed by atoms with van der Waals surface area (Å²) >= 11 is 0. The van der Waals surface area contributed by atoms with Gasteiger partial charge in [-0.2, -0.15) is 0 Å². The van der Waals surface area contributed by atoms with E-state index in [1.54, 1.807) is 0 Å². The summed E-state index contributed by atoms with van der Waals surface area (Å²) in [5.41, 5.74) is 0. The first-order valence-corrected chi connectivity index (χ1v) is 8.14. The lowest BCUT2D eigenvalue weighted by atomic mass is 9.85. The molecule has 0 radical (unpaired) electrons. The minimum absolute atomic E-state index is 0.364. The molecule has 0 aromatic carbocycles. The van der Waals surface area contributed by atoms with Gasteiger partial charge in [0.2, 0.25) is 0 Å². The molecule has 21 heavy (non-hydrogen) atoms. The first kappa shape index (κ1) is 13.7. The molecule has 2 saturated heterocycles. The predicted molar refractivity (Wildman–Crippen MR) is 79.0 cm³/mol. The average molecular weight is 291 g/mol. The van der Waals surface area contributed by atoms with E-state index < -0.39 is 0 Å². The number of fused-ring (bicyclic) bond motifs is 1. The Balaban J connectivity index is 1.43. The normalized spacial score (nSPS) is 31.3. The molecule has 3 fully saturated rings. The number of morpholine rings is 1. The fourth-order valence-corrected chi connectivity index (χ4v) is 3.80.